The Balaban J connectivity index is 0.00000128. The van der Waals surface area contributed by atoms with Gasteiger partial charge in [-0.05, 0) is 5.56 Å². The van der Waals surface area contributed by atoms with Gasteiger partial charge in [0.2, 0.25) is 5.88 Å². The average Bonchev–Trinajstić information content (AvgIpc) is 2.66. The molecule has 2 rings (SSSR count). The standard InChI is InChI=1S/C10H8N2O2S.ClH/c11-10(13)14-9-8(15-6-12-9)7-4-2-1-3-5-7;/h1-6H,(H2,11,13);1H. The van der Waals surface area contributed by atoms with Gasteiger partial charge in [0.1, 0.15) is 0 Å². The number of carbonyl (C=O) groups is 1. The van der Waals surface area contributed by atoms with Gasteiger partial charge < -0.3 is 10.5 Å². The van der Waals surface area contributed by atoms with E-state index >= 15 is 0 Å². The number of primary amides is 1. The lowest BCUT2D eigenvalue weighted by molar-refractivity contribution is 0.209. The second kappa shape index (κ2) is 5.48. The fraction of sp³-hybridized carbons (Fsp3) is 0. The third-order valence-electron chi connectivity index (χ3n) is 1.77. The van der Waals surface area contributed by atoms with Gasteiger partial charge in [-0.25, -0.2) is 9.78 Å². The molecule has 0 aliphatic heterocycles. The maximum Gasteiger partial charge on any atom is 0.411 e. The van der Waals surface area contributed by atoms with Crippen LogP contribution in [0.3, 0.4) is 0 Å². The molecule has 1 amide bonds. The predicted molar refractivity (Wildman–Crippen MR) is 65.0 cm³/mol. The molecule has 0 aliphatic rings. The van der Waals surface area contributed by atoms with Gasteiger partial charge in [-0.3, -0.25) is 0 Å². The highest BCUT2D eigenvalue weighted by Gasteiger charge is 2.11. The van der Waals surface area contributed by atoms with Crippen molar-refractivity contribution in [3.63, 3.8) is 0 Å². The predicted octanol–water partition coefficient (Wildman–Crippen LogP) is 2.69. The smallest absolute Gasteiger partial charge is 0.390 e. The molecule has 84 valence electrons. The number of thiazole rings is 1. The van der Waals surface area contributed by atoms with E-state index in [2.05, 4.69) is 4.98 Å². The Morgan fingerprint density at radius 1 is 1.31 bits per heavy atom. The SMILES string of the molecule is Cl.NC(=O)Oc1ncsc1-c1ccccc1. The number of benzene rings is 1. The van der Waals surface area contributed by atoms with E-state index in [0.717, 1.165) is 10.4 Å². The van der Waals surface area contributed by atoms with E-state index in [1.54, 1.807) is 5.51 Å². The van der Waals surface area contributed by atoms with Gasteiger partial charge in [0.15, 0.2) is 0 Å². The van der Waals surface area contributed by atoms with Crippen LogP contribution in [0.5, 0.6) is 5.88 Å². The first-order valence-electron chi connectivity index (χ1n) is 4.23. The van der Waals surface area contributed by atoms with Crippen LogP contribution in [0.25, 0.3) is 10.4 Å². The Morgan fingerprint density at radius 2 is 2.00 bits per heavy atom. The Hall–Kier alpha value is -1.59. The van der Waals surface area contributed by atoms with Crippen molar-refractivity contribution in [2.24, 2.45) is 5.73 Å². The van der Waals surface area contributed by atoms with Crippen molar-refractivity contribution in [3.8, 4) is 16.3 Å². The van der Waals surface area contributed by atoms with Crippen molar-refractivity contribution in [1.29, 1.82) is 0 Å². The van der Waals surface area contributed by atoms with Crippen LogP contribution in [0.4, 0.5) is 4.79 Å². The van der Waals surface area contributed by atoms with E-state index in [4.69, 9.17) is 10.5 Å². The quantitative estimate of drug-likeness (QED) is 0.898. The molecule has 0 fully saturated rings. The zero-order valence-electron chi connectivity index (χ0n) is 8.12. The summed E-state index contributed by atoms with van der Waals surface area (Å²) in [6, 6.07) is 9.56. The zero-order chi connectivity index (χ0) is 10.7. The number of nitrogens with zero attached hydrogens (tertiary/aromatic N) is 1. The highest BCUT2D eigenvalue weighted by atomic mass is 35.5. The molecule has 0 radical (unpaired) electrons. The van der Waals surface area contributed by atoms with Crippen molar-refractivity contribution in [1.82, 2.24) is 4.98 Å². The number of halogens is 1. The van der Waals surface area contributed by atoms with Crippen LogP contribution in [-0.2, 0) is 0 Å². The molecule has 2 N–H and O–H groups in total. The van der Waals surface area contributed by atoms with Crippen LogP contribution >= 0.6 is 23.7 Å². The van der Waals surface area contributed by atoms with Gasteiger partial charge in [0, 0.05) is 0 Å². The van der Waals surface area contributed by atoms with E-state index in [1.165, 1.54) is 11.3 Å². The van der Waals surface area contributed by atoms with Crippen LogP contribution < -0.4 is 10.5 Å². The Morgan fingerprint density at radius 3 is 2.62 bits per heavy atom. The van der Waals surface area contributed by atoms with Gasteiger partial charge in [0.25, 0.3) is 0 Å². The molecule has 0 spiro atoms. The summed E-state index contributed by atoms with van der Waals surface area (Å²) in [5.41, 5.74) is 7.50. The van der Waals surface area contributed by atoms with Crippen LogP contribution in [-0.4, -0.2) is 11.1 Å². The number of rotatable bonds is 2. The van der Waals surface area contributed by atoms with Crippen molar-refractivity contribution >= 4 is 29.8 Å². The fourth-order valence-electron chi connectivity index (χ4n) is 1.18. The lowest BCUT2D eigenvalue weighted by Crippen LogP contribution is -2.16. The van der Waals surface area contributed by atoms with Gasteiger partial charge in [-0.1, -0.05) is 30.3 Å². The lowest BCUT2D eigenvalue weighted by atomic mass is 10.2. The van der Waals surface area contributed by atoms with E-state index in [9.17, 15) is 4.79 Å². The van der Waals surface area contributed by atoms with Gasteiger partial charge >= 0.3 is 6.09 Å². The second-order valence-corrected chi connectivity index (χ2v) is 3.63. The summed E-state index contributed by atoms with van der Waals surface area (Å²) < 4.78 is 4.78. The summed E-state index contributed by atoms with van der Waals surface area (Å²) in [6.45, 7) is 0. The summed E-state index contributed by atoms with van der Waals surface area (Å²) in [5.74, 6) is 0.263. The maximum absolute atomic E-state index is 10.6. The molecule has 0 atom stereocenters. The number of hydrogen-bond donors (Lipinski definition) is 1. The number of hydrogen-bond acceptors (Lipinski definition) is 4. The number of nitrogens with two attached hydrogens (primary N) is 1. The number of amides is 1. The minimum atomic E-state index is -0.849. The molecule has 1 heterocycles. The Kier molecular flexibility index (Phi) is 4.28. The van der Waals surface area contributed by atoms with Gasteiger partial charge in [-0.15, -0.1) is 23.7 Å². The van der Waals surface area contributed by atoms with Crippen LogP contribution in [0.2, 0.25) is 0 Å². The van der Waals surface area contributed by atoms with Crippen LogP contribution in [0, 0.1) is 0 Å². The van der Waals surface area contributed by atoms with Crippen LogP contribution in [0.1, 0.15) is 0 Å². The molecule has 16 heavy (non-hydrogen) atoms. The molecular weight excluding hydrogens is 248 g/mol. The monoisotopic (exact) mass is 256 g/mol. The molecule has 0 bridgehead atoms. The summed E-state index contributed by atoms with van der Waals surface area (Å²) in [4.78, 5) is 15.3. The molecule has 0 unspecified atom stereocenters. The maximum atomic E-state index is 10.6. The minimum absolute atomic E-state index is 0. The Bertz CT molecular complexity index is 473. The number of aromatic nitrogens is 1. The van der Waals surface area contributed by atoms with Crippen molar-refractivity contribution in [2.45, 2.75) is 0 Å². The fourth-order valence-corrected chi connectivity index (χ4v) is 1.91. The van der Waals surface area contributed by atoms with E-state index < -0.39 is 6.09 Å². The highest BCUT2D eigenvalue weighted by Crippen LogP contribution is 2.32. The normalized spacial score (nSPS) is 9.25. The van der Waals surface area contributed by atoms with Crippen molar-refractivity contribution < 1.29 is 9.53 Å². The van der Waals surface area contributed by atoms with E-state index in [1.807, 2.05) is 30.3 Å². The van der Waals surface area contributed by atoms with Gasteiger partial charge in [-0.2, -0.15) is 0 Å². The summed E-state index contributed by atoms with van der Waals surface area (Å²) >= 11 is 1.40. The Labute approximate surface area is 102 Å². The first-order valence-corrected chi connectivity index (χ1v) is 5.11. The first-order chi connectivity index (χ1) is 7.27. The molecule has 0 aliphatic carbocycles. The summed E-state index contributed by atoms with van der Waals surface area (Å²) in [6.07, 6.45) is -0.849. The van der Waals surface area contributed by atoms with Crippen molar-refractivity contribution in [3.05, 3.63) is 35.8 Å². The van der Waals surface area contributed by atoms with Gasteiger partial charge in [0.05, 0.1) is 10.4 Å². The lowest BCUT2D eigenvalue weighted by Gasteiger charge is -2.00. The van der Waals surface area contributed by atoms with E-state index in [-0.39, 0.29) is 18.3 Å². The zero-order valence-corrected chi connectivity index (χ0v) is 9.75. The molecule has 2 aromatic rings. The first kappa shape index (κ1) is 12.5. The minimum Gasteiger partial charge on any atom is -0.390 e. The third-order valence-corrected chi connectivity index (χ3v) is 2.62. The molecule has 1 aromatic heterocycles. The summed E-state index contributed by atoms with van der Waals surface area (Å²) in [5, 5.41) is 0. The molecule has 6 heteroatoms. The molecule has 0 saturated carbocycles. The highest BCUT2D eigenvalue weighted by molar-refractivity contribution is 7.13. The number of carbonyl (C=O) groups excluding carboxylic acids is 1. The summed E-state index contributed by atoms with van der Waals surface area (Å²) in [7, 11) is 0. The van der Waals surface area contributed by atoms with Crippen LogP contribution in [0.15, 0.2) is 35.8 Å². The van der Waals surface area contributed by atoms with Crippen molar-refractivity contribution in [2.75, 3.05) is 0 Å². The largest absolute Gasteiger partial charge is 0.411 e. The number of ether oxygens (including phenoxy) is 1. The topological polar surface area (TPSA) is 65.2 Å². The second-order valence-electron chi connectivity index (χ2n) is 2.77. The molecule has 4 nitrogen and oxygen atoms in total. The third kappa shape index (κ3) is 2.71. The molecular formula is C10H9ClN2O2S. The van der Waals surface area contributed by atoms with E-state index in [0.29, 0.717) is 0 Å². The average molecular weight is 257 g/mol. The molecule has 1 aromatic carbocycles. The molecule has 0 saturated heterocycles.